The van der Waals surface area contributed by atoms with Crippen LogP contribution >= 0.6 is 10.7 Å². The number of benzene rings is 1. The van der Waals surface area contributed by atoms with Gasteiger partial charge in [0.25, 0.3) is 15.0 Å². The van der Waals surface area contributed by atoms with Gasteiger partial charge in [-0.2, -0.15) is 0 Å². The Labute approximate surface area is 116 Å². The van der Waals surface area contributed by atoms with Gasteiger partial charge in [0, 0.05) is 29.4 Å². The molecule has 0 aromatic heterocycles. The largest absolute Gasteiger partial charge is 0.380 e. The van der Waals surface area contributed by atoms with Gasteiger partial charge in [0.15, 0.2) is 0 Å². The Kier molecular flexibility index (Phi) is 4.13. The SMILES string of the molecule is COCc1cc(C(=O)NC2CC2)cc(S(=O)(=O)Cl)c1. The van der Waals surface area contributed by atoms with Crippen LogP contribution in [0.4, 0.5) is 0 Å². The zero-order valence-electron chi connectivity index (χ0n) is 10.3. The molecule has 1 fully saturated rings. The lowest BCUT2D eigenvalue weighted by atomic mass is 10.1. The van der Waals surface area contributed by atoms with E-state index in [9.17, 15) is 13.2 Å². The number of amides is 1. The van der Waals surface area contributed by atoms with Crippen molar-refractivity contribution in [3.8, 4) is 0 Å². The zero-order chi connectivity index (χ0) is 14.0. The molecule has 104 valence electrons. The van der Waals surface area contributed by atoms with Crippen LogP contribution < -0.4 is 5.32 Å². The van der Waals surface area contributed by atoms with Crippen LogP contribution in [0.25, 0.3) is 0 Å². The molecule has 1 aromatic carbocycles. The molecule has 1 aliphatic carbocycles. The number of rotatable bonds is 5. The van der Waals surface area contributed by atoms with Crippen molar-refractivity contribution in [1.29, 1.82) is 0 Å². The summed E-state index contributed by atoms with van der Waals surface area (Å²) in [5.41, 5.74) is 0.867. The molecule has 2 rings (SSSR count). The maximum atomic E-state index is 11.9. The second-order valence-corrected chi connectivity index (χ2v) is 7.05. The topological polar surface area (TPSA) is 72.5 Å². The first-order valence-electron chi connectivity index (χ1n) is 5.78. The maximum absolute atomic E-state index is 11.9. The van der Waals surface area contributed by atoms with Crippen molar-refractivity contribution in [3.63, 3.8) is 0 Å². The summed E-state index contributed by atoms with van der Waals surface area (Å²) in [6.45, 7) is 0.212. The molecule has 1 amide bonds. The first-order valence-corrected chi connectivity index (χ1v) is 8.09. The predicted octanol–water partition coefficient (Wildman–Crippen LogP) is 1.65. The lowest BCUT2D eigenvalue weighted by molar-refractivity contribution is 0.0950. The third-order valence-corrected chi connectivity index (χ3v) is 4.07. The Hall–Kier alpha value is -1.11. The summed E-state index contributed by atoms with van der Waals surface area (Å²) < 4.78 is 27.7. The molecule has 7 heteroatoms. The van der Waals surface area contributed by atoms with Crippen molar-refractivity contribution in [2.24, 2.45) is 0 Å². The minimum atomic E-state index is -3.88. The molecule has 0 unspecified atom stereocenters. The third kappa shape index (κ3) is 3.92. The fourth-order valence-corrected chi connectivity index (χ4v) is 2.51. The van der Waals surface area contributed by atoms with Crippen LogP contribution in [0.1, 0.15) is 28.8 Å². The number of carbonyl (C=O) groups excluding carboxylic acids is 1. The van der Waals surface area contributed by atoms with Gasteiger partial charge in [-0.1, -0.05) is 0 Å². The summed E-state index contributed by atoms with van der Waals surface area (Å²) in [7, 11) is 2.94. The van der Waals surface area contributed by atoms with Gasteiger partial charge in [0.05, 0.1) is 11.5 Å². The van der Waals surface area contributed by atoms with Gasteiger partial charge in [-0.3, -0.25) is 4.79 Å². The van der Waals surface area contributed by atoms with Crippen molar-refractivity contribution < 1.29 is 17.9 Å². The number of carbonyl (C=O) groups is 1. The van der Waals surface area contributed by atoms with E-state index in [1.54, 1.807) is 6.07 Å². The zero-order valence-corrected chi connectivity index (χ0v) is 11.9. The predicted molar refractivity (Wildman–Crippen MR) is 70.7 cm³/mol. The molecule has 0 aliphatic heterocycles. The normalized spacial score (nSPS) is 15.3. The molecule has 19 heavy (non-hydrogen) atoms. The Morgan fingerprint density at radius 3 is 2.63 bits per heavy atom. The molecule has 1 aliphatic rings. The Balaban J connectivity index is 2.35. The lowest BCUT2D eigenvalue weighted by Gasteiger charge is -2.08. The van der Waals surface area contributed by atoms with Crippen molar-refractivity contribution in [2.45, 2.75) is 30.4 Å². The molecule has 0 radical (unpaired) electrons. The van der Waals surface area contributed by atoms with Crippen LogP contribution in [0.15, 0.2) is 23.1 Å². The molecular weight excluding hydrogens is 290 g/mol. The van der Waals surface area contributed by atoms with Gasteiger partial charge in [0.2, 0.25) is 0 Å². The standard InChI is InChI=1S/C12H14ClNO4S/c1-18-7-8-4-9(12(15)14-10-2-3-10)6-11(5-8)19(13,16)17/h4-6,10H,2-3,7H2,1H3,(H,14,15). The number of hydrogen-bond acceptors (Lipinski definition) is 4. The number of nitrogens with one attached hydrogen (secondary N) is 1. The van der Waals surface area contributed by atoms with E-state index < -0.39 is 9.05 Å². The lowest BCUT2D eigenvalue weighted by Crippen LogP contribution is -2.25. The minimum absolute atomic E-state index is 0.0929. The highest BCUT2D eigenvalue weighted by atomic mass is 35.7. The van der Waals surface area contributed by atoms with E-state index in [2.05, 4.69) is 5.32 Å². The van der Waals surface area contributed by atoms with Gasteiger partial charge in [-0.25, -0.2) is 8.42 Å². The van der Waals surface area contributed by atoms with Crippen LogP contribution in [0, 0.1) is 0 Å². The monoisotopic (exact) mass is 303 g/mol. The smallest absolute Gasteiger partial charge is 0.261 e. The summed E-state index contributed by atoms with van der Waals surface area (Å²) in [6.07, 6.45) is 1.92. The molecular formula is C12H14ClNO4S. The molecule has 0 bridgehead atoms. The summed E-state index contributed by atoms with van der Waals surface area (Å²) in [6, 6.07) is 4.49. The number of methoxy groups -OCH3 is 1. The number of ether oxygens (including phenoxy) is 1. The summed E-state index contributed by atoms with van der Waals surface area (Å²) in [5, 5.41) is 2.80. The van der Waals surface area contributed by atoms with Crippen LogP contribution in [0.2, 0.25) is 0 Å². The first kappa shape index (κ1) is 14.3. The molecule has 1 N–H and O–H groups in total. The highest BCUT2D eigenvalue weighted by molar-refractivity contribution is 8.13. The van der Waals surface area contributed by atoms with E-state index in [4.69, 9.17) is 15.4 Å². The van der Waals surface area contributed by atoms with Gasteiger partial charge in [-0.05, 0) is 36.6 Å². The second kappa shape index (κ2) is 5.48. The van der Waals surface area contributed by atoms with E-state index >= 15 is 0 Å². The van der Waals surface area contributed by atoms with Crippen LogP contribution in [0.5, 0.6) is 0 Å². The molecule has 0 saturated heterocycles. The van der Waals surface area contributed by atoms with Crippen LogP contribution in [-0.2, 0) is 20.4 Å². The highest BCUT2D eigenvalue weighted by Gasteiger charge is 2.24. The Morgan fingerprint density at radius 1 is 1.42 bits per heavy atom. The first-order chi connectivity index (χ1) is 8.90. The Morgan fingerprint density at radius 2 is 2.11 bits per heavy atom. The third-order valence-electron chi connectivity index (χ3n) is 2.73. The van der Waals surface area contributed by atoms with Crippen LogP contribution in [-0.4, -0.2) is 27.5 Å². The van der Waals surface area contributed by atoms with Gasteiger partial charge in [0.1, 0.15) is 0 Å². The summed E-state index contributed by atoms with van der Waals surface area (Å²) in [4.78, 5) is 11.8. The van der Waals surface area contributed by atoms with Crippen molar-refractivity contribution >= 4 is 25.6 Å². The van der Waals surface area contributed by atoms with E-state index in [-0.39, 0.29) is 29.0 Å². The fraction of sp³-hybridized carbons (Fsp3) is 0.417. The average Bonchev–Trinajstić information content (AvgIpc) is 3.12. The number of hydrogen-bond donors (Lipinski definition) is 1. The van der Waals surface area contributed by atoms with Crippen molar-refractivity contribution in [2.75, 3.05) is 7.11 Å². The average molecular weight is 304 g/mol. The van der Waals surface area contributed by atoms with Crippen molar-refractivity contribution in [3.05, 3.63) is 29.3 Å². The molecule has 0 heterocycles. The molecule has 0 atom stereocenters. The van der Waals surface area contributed by atoms with Crippen LogP contribution in [0.3, 0.4) is 0 Å². The molecule has 1 saturated carbocycles. The van der Waals surface area contributed by atoms with E-state index in [1.807, 2.05) is 0 Å². The summed E-state index contributed by atoms with van der Waals surface area (Å²) in [5.74, 6) is -0.290. The van der Waals surface area contributed by atoms with Crippen molar-refractivity contribution in [1.82, 2.24) is 5.32 Å². The number of halogens is 1. The van der Waals surface area contributed by atoms with E-state index in [1.165, 1.54) is 19.2 Å². The minimum Gasteiger partial charge on any atom is -0.380 e. The second-order valence-electron chi connectivity index (χ2n) is 4.48. The molecule has 5 nitrogen and oxygen atoms in total. The van der Waals surface area contributed by atoms with E-state index in [0.717, 1.165) is 12.8 Å². The van der Waals surface area contributed by atoms with Gasteiger partial charge in [-0.15, -0.1) is 0 Å². The maximum Gasteiger partial charge on any atom is 0.261 e. The summed E-state index contributed by atoms with van der Waals surface area (Å²) >= 11 is 0. The fourth-order valence-electron chi connectivity index (χ4n) is 1.68. The van der Waals surface area contributed by atoms with E-state index in [0.29, 0.717) is 5.56 Å². The van der Waals surface area contributed by atoms with Gasteiger partial charge < -0.3 is 10.1 Å². The molecule has 0 spiro atoms. The quantitative estimate of drug-likeness (QED) is 0.840. The highest BCUT2D eigenvalue weighted by Crippen LogP contribution is 2.22. The van der Waals surface area contributed by atoms with Gasteiger partial charge >= 0.3 is 0 Å². The Bertz CT molecular complexity index is 596. The molecule has 1 aromatic rings.